The minimum Gasteiger partial charge on any atom is -0.320 e. The first kappa shape index (κ1) is 13.8. The third-order valence-electron chi connectivity index (χ3n) is 2.54. The van der Waals surface area contributed by atoms with Crippen LogP contribution in [0.4, 0.5) is 13.2 Å². The SMILES string of the molecule is NC(c1cccc(I)c1)c1cscc1C(F)(F)F. The molecule has 1 heterocycles. The molecule has 2 N–H and O–H groups in total. The Morgan fingerprint density at radius 2 is 1.94 bits per heavy atom. The lowest BCUT2D eigenvalue weighted by Crippen LogP contribution is -2.16. The lowest BCUT2D eigenvalue weighted by Gasteiger charge is -2.15. The number of rotatable bonds is 2. The Bertz CT molecular complexity index is 550. The van der Waals surface area contributed by atoms with Gasteiger partial charge in [0.25, 0.3) is 0 Å². The first-order valence-corrected chi connectivity index (χ1v) is 7.06. The molecule has 2 aromatic rings. The van der Waals surface area contributed by atoms with Crippen molar-refractivity contribution in [2.45, 2.75) is 12.2 Å². The molecule has 0 saturated carbocycles. The largest absolute Gasteiger partial charge is 0.417 e. The van der Waals surface area contributed by atoms with Crippen molar-refractivity contribution in [3.8, 4) is 0 Å². The van der Waals surface area contributed by atoms with E-state index in [1.165, 1.54) is 5.38 Å². The Morgan fingerprint density at radius 3 is 2.56 bits per heavy atom. The minimum absolute atomic E-state index is 0.134. The van der Waals surface area contributed by atoms with Crippen LogP contribution in [0.3, 0.4) is 0 Å². The molecule has 1 nitrogen and oxygen atoms in total. The third-order valence-corrected chi connectivity index (χ3v) is 3.97. The lowest BCUT2D eigenvalue weighted by molar-refractivity contribution is -0.138. The van der Waals surface area contributed by atoms with Gasteiger partial charge in [-0.05, 0) is 51.2 Å². The maximum Gasteiger partial charge on any atom is 0.417 e. The smallest absolute Gasteiger partial charge is 0.320 e. The fourth-order valence-corrected chi connectivity index (χ4v) is 3.12. The molecule has 96 valence electrons. The number of halogens is 4. The van der Waals surface area contributed by atoms with Gasteiger partial charge in [0, 0.05) is 8.95 Å². The van der Waals surface area contributed by atoms with Crippen molar-refractivity contribution < 1.29 is 13.2 Å². The van der Waals surface area contributed by atoms with E-state index in [0.717, 1.165) is 20.3 Å². The van der Waals surface area contributed by atoms with Gasteiger partial charge in [-0.15, -0.1) is 0 Å². The van der Waals surface area contributed by atoms with Gasteiger partial charge in [-0.1, -0.05) is 12.1 Å². The Labute approximate surface area is 120 Å². The van der Waals surface area contributed by atoms with Gasteiger partial charge in [0.05, 0.1) is 11.6 Å². The highest BCUT2D eigenvalue weighted by Crippen LogP contribution is 2.38. The van der Waals surface area contributed by atoms with Crippen LogP contribution in [-0.4, -0.2) is 0 Å². The Morgan fingerprint density at radius 1 is 1.22 bits per heavy atom. The zero-order valence-corrected chi connectivity index (χ0v) is 12.0. The van der Waals surface area contributed by atoms with Crippen LogP contribution in [0.15, 0.2) is 35.0 Å². The topological polar surface area (TPSA) is 26.0 Å². The van der Waals surface area contributed by atoms with E-state index in [9.17, 15) is 13.2 Å². The summed E-state index contributed by atoms with van der Waals surface area (Å²) in [6.45, 7) is 0. The van der Waals surface area contributed by atoms with Crippen LogP contribution in [0.1, 0.15) is 22.7 Å². The predicted octanol–water partition coefficient (Wildman–Crippen LogP) is 4.42. The maximum absolute atomic E-state index is 12.8. The second-order valence-corrected chi connectivity index (χ2v) is 5.76. The average molecular weight is 383 g/mol. The molecule has 6 heteroatoms. The van der Waals surface area contributed by atoms with Gasteiger partial charge in [0.2, 0.25) is 0 Å². The van der Waals surface area contributed by atoms with Crippen molar-refractivity contribution in [1.82, 2.24) is 0 Å². The number of nitrogens with two attached hydrogens (primary N) is 1. The molecule has 18 heavy (non-hydrogen) atoms. The van der Waals surface area contributed by atoms with Crippen LogP contribution in [-0.2, 0) is 6.18 Å². The summed E-state index contributed by atoms with van der Waals surface area (Å²) in [6, 6.07) is 6.45. The van der Waals surface area contributed by atoms with Crippen molar-refractivity contribution >= 4 is 33.9 Å². The normalized spacial score (nSPS) is 13.6. The molecule has 0 aliphatic heterocycles. The molecule has 0 bridgehead atoms. The van der Waals surface area contributed by atoms with Gasteiger partial charge in [-0.2, -0.15) is 24.5 Å². The number of benzene rings is 1. The third kappa shape index (κ3) is 2.86. The Balaban J connectivity index is 2.41. The summed E-state index contributed by atoms with van der Waals surface area (Å²) in [7, 11) is 0. The summed E-state index contributed by atoms with van der Waals surface area (Å²) in [5.41, 5.74) is 6.11. The number of thiophene rings is 1. The summed E-state index contributed by atoms with van der Waals surface area (Å²) >= 11 is 3.12. The number of alkyl halides is 3. The van der Waals surface area contributed by atoms with Gasteiger partial charge in [0.15, 0.2) is 0 Å². The van der Waals surface area contributed by atoms with Gasteiger partial charge in [-0.25, -0.2) is 0 Å². The molecule has 0 amide bonds. The molecule has 0 fully saturated rings. The van der Waals surface area contributed by atoms with Crippen LogP contribution < -0.4 is 5.73 Å². The molecule has 0 saturated heterocycles. The number of hydrogen-bond acceptors (Lipinski definition) is 2. The van der Waals surface area contributed by atoms with Gasteiger partial charge >= 0.3 is 6.18 Å². The highest BCUT2D eigenvalue weighted by molar-refractivity contribution is 14.1. The van der Waals surface area contributed by atoms with E-state index in [2.05, 4.69) is 22.6 Å². The second-order valence-electron chi connectivity index (χ2n) is 3.77. The Hall–Kier alpha value is -0.600. The first-order chi connectivity index (χ1) is 8.39. The summed E-state index contributed by atoms with van der Waals surface area (Å²) in [6.07, 6.45) is -4.35. The Kier molecular flexibility index (Phi) is 3.98. The summed E-state index contributed by atoms with van der Waals surface area (Å²) < 4.78 is 39.3. The van der Waals surface area contributed by atoms with E-state index in [1.807, 2.05) is 6.07 Å². The standard InChI is InChI=1S/C12H9F3INS/c13-12(14,15)10-6-18-5-9(10)11(17)7-2-1-3-8(16)4-7/h1-6,11H,17H2. The van der Waals surface area contributed by atoms with Crippen LogP contribution in [0.2, 0.25) is 0 Å². The molecule has 1 aromatic carbocycles. The van der Waals surface area contributed by atoms with Crippen molar-refractivity contribution in [3.05, 3.63) is 55.3 Å². The molecule has 1 atom stereocenters. The quantitative estimate of drug-likeness (QED) is 0.764. The molecule has 0 aliphatic carbocycles. The van der Waals surface area contributed by atoms with E-state index in [1.54, 1.807) is 18.2 Å². The fraction of sp³-hybridized carbons (Fsp3) is 0.167. The van der Waals surface area contributed by atoms with E-state index >= 15 is 0 Å². The molecule has 1 unspecified atom stereocenters. The molecule has 0 aliphatic rings. The van der Waals surface area contributed by atoms with E-state index in [4.69, 9.17) is 5.73 Å². The highest BCUT2D eigenvalue weighted by atomic mass is 127. The van der Waals surface area contributed by atoms with Crippen LogP contribution in [0, 0.1) is 3.57 Å². The van der Waals surface area contributed by atoms with Crippen molar-refractivity contribution in [2.24, 2.45) is 5.73 Å². The molecule has 2 rings (SSSR count). The van der Waals surface area contributed by atoms with E-state index in [0.29, 0.717) is 5.56 Å². The summed E-state index contributed by atoms with van der Waals surface area (Å²) in [5.74, 6) is 0. The molecule has 0 spiro atoms. The van der Waals surface area contributed by atoms with Crippen LogP contribution in [0.5, 0.6) is 0 Å². The lowest BCUT2D eigenvalue weighted by atomic mass is 9.99. The summed E-state index contributed by atoms with van der Waals surface area (Å²) in [4.78, 5) is 0. The zero-order chi connectivity index (χ0) is 13.3. The molecule has 0 radical (unpaired) electrons. The predicted molar refractivity (Wildman–Crippen MR) is 74.5 cm³/mol. The first-order valence-electron chi connectivity index (χ1n) is 5.04. The van der Waals surface area contributed by atoms with E-state index in [-0.39, 0.29) is 5.56 Å². The zero-order valence-electron chi connectivity index (χ0n) is 9.04. The van der Waals surface area contributed by atoms with Gasteiger partial charge in [-0.3, -0.25) is 0 Å². The monoisotopic (exact) mass is 383 g/mol. The van der Waals surface area contributed by atoms with Crippen molar-refractivity contribution in [2.75, 3.05) is 0 Å². The molecular weight excluding hydrogens is 374 g/mol. The molecular formula is C12H9F3INS. The van der Waals surface area contributed by atoms with Crippen LogP contribution in [0.25, 0.3) is 0 Å². The maximum atomic E-state index is 12.8. The number of hydrogen-bond donors (Lipinski definition) is 1. The average Bonchev–Trinajstić information content (AvgIpc) is 2.76. The van der Waals surface area contributed by atoms with Crippen molar-refractivity contribution in [1.29, 1.82) is 0 Å². The summed E-state index contributed by atoms with van der Waals surface area (Å²) in [5, 5.41) is 2.57. The molecule has 1 aromatic heterocycles. The minimum atomic E-state index is -4.35. The van der Waals surface area contributed by atoms with E-state index < -0.39 is 17.8 Å². The highest BCUT2D eigenvalue weighted by Gasteiger charge is 2.35. The van der Waals surface area contributed by atoms with Crippen molar-refractivity contribution in [3.63, 3.8) is 0 Å². The fourth-order valence-electron chi connectivity index (χ4n) is 1.66. The van der Waals surface area contributed by atoms with Gasteiger partial charge in [0.1, 0.15) is 0 Å². The van der Waals surface area contributed by atoms with Gasteiger partial charge < -0.3 is 5.73 Å². The second kappa shape index (κ2) is 5.18. The van der Waals surface area contributed by atoms with Crippen LogP contribution >= 0.6 is 33.9 Å².